The van der Waals surface area contributed by atoms with Crippen LogP contribution in [0.3, 0.4) is 0 Å². The fraction of sp³-hybridized carbons (Fsp3) is 0.455. The Morgan fingerprint density at radius 1 is 1.33 bits per heavy atom. The summed E-state index contributed by atoms with van der Waals surface area (Å²) >= 11 is 11.8. The summed E-state index contributed by atoms with van der Waals surface area (Å²) in [6.07, 6.45) is -3.94. The number of benzene rings is 1. The molecule has 3 aromatic rings. The van der Waals surface area contributed by atoms with Crippen molar-refractivity contribution >= 4 is 58.9 Å². The van der Waals surface area contributed by atoms with Crippen molar-refractivity contribution in [1.82, 2.24) is 24.6 Å². The van der Waals surface area contributed by atoms with E-state index in [9.17, 15) is 9.90 Å². The van der Waals surface area contributed by atoms with Gasteiger partial charge in [0.15, 0.2) is 17.7 Å². The van der Waals surface area contributed by atoms with E-state index in [0.717, 1.165) is 4.57 Å². The van der Waals surface area contributed by atoms with E-state index < -0.39 is 48.8 Å². The van der Waals surface area contributed by atoms with E-state index in [-0.39, 0.29) is 29.0 Å². The van der Waals surface area contributed by atoms with Gasteiger partial charge >= 0.3 is 12.6 Å². The molecule has 1 saturated heterocycles. The number of hydrogen-bond acceptors (Lipinski definition) is 12. The molecule has 0 bridgehead atoms. The predicted molar refractivity (Wildman–Crippen MR) is 145 cm³/mol. The van der Waals surface area contributed by atoms with Crippen molar-refractivity contribution in [2.45, 2.75) is 56.5 Å². The molecule has 1 fully saturated rings. The molecule has 6 unspecified atom stereocenters. The van der Waals surface area contributed by atoms with Crippen LogP contribution in [0.5, 0.6) is 5.75 Å². The summed E-state index contributed by atoms with van der Waals surface area (Å²) in [6.45, 7) is 1.01. The number of para-hydroxylation sites is 1. The molecule has 1 aromatic carbocycles. The third kappa shape index (κ3) is 6.40. The second kappa shape index (κ2) is 11.5. The SMILES string of the molecule is CC(C)OC(=O)C(C)NP(=S)(OCC1OC(n2cnc3c(N)nc(N)nc32)C(F)(Cl)C1O)Oc1ccccc1. The highest BCUT2D eigenvalue weighted by Gasteiger charge is 2.58. The zero-order valence-corrected chi connectivity index (χ0v) is 23.6. The Labute approximate surface area is 233 Å². The van der Waals surface area contributed by atoms with Crippen molar-refractivity contribution in [3.8, 4) is 5.75 Å². The smallest absolute Gasteiger partial charge is 0.323 e. The number of aromatic nitrogens is 4. The average molecular weight is 604 g/mol. The minimum atomic E-state index is -3.49. The van der Waals surface area contributed by atoms with Crippen LogP contribution in [0, 0.1) is 0 Å². The van der Waals surface area contributed by atoms with Gasteiger partial charge in [-0.05, 0) is 44.7 Å². The summed E-state index contributed by atoms with van der Waals surface area (Å²) in [5.41, 5.74) is 11.7. The van der Waals surface area contributed by atoms with Crippen molar-refractivity contribution in [1.29, 1.82) is 0 Å². The number of esters is 1. The number of imidazole rings is 1. The number of halogens is 2. The van der Waals surface area contributed by atoms with Gasteiger partial charge in [0, 0.05) is 0 Å². The number of hydrogen-bond donors (Lipinski definition) is 4. The van der Waals surface area contributed by atoms with Gasteiger partial charge in [-0.1, -0.05) is 29.8 Å². The summed E-state index contributed by atoms with van der Waals surface area (Å²) in [4.78, 5) is 24.4. The fourth-order valence-electron chi connectivity index (χ4n) is 3.74. The first kappa shape index (κ1) is 29.3. The summed E-state index contributed by atoms with van der Waals surface area (Å²) < 4.78 is 39.6. The zero-order chi connectivity index (χ0) is 28.5. The van der Waals surface area contributed by atoms with Crippen LogP contribution in [-0.2, 0) is 30.6 Å². The van der Waals surface area contributed by atoms with Crippen LogP contribution in [0.25, 0.3) is 11.2 Å². The molecule has 1 aliphatic rings. The molecular weight excluding hydrogens is 576 g/mol. The van der Waals surface area contributed by atoms with Crippen LogP contribution in [0.1, 0.15) is 27.0 Å². The van der Waals surface area contributed by atoms with Crippen molar-refractivity contribution in [2.24, 2.45) is 0 Å². The van der Waals surface area contributed by atoms with Gasteiger partial charge in [-0.15, -0.1) is 0 Å². The number of anilines is 2. The maximum Gasteiger partial charge on any atom is 0.323 e. The number of carbonyl (C=O) groups is 1. The normalized spacial score (nSPS) is 25.5. The molecule has 3 heterocycles. The number of alkyl halides is 2. The molecule has 39 heavy (non-hydrogen) atoms. The van der Waals surface area contributed by atoms with Gasteiger partial charge < -0.3 is 35.1 Å². The van der Waals surface area contributed by atoms with Crippen molar-refractivity contribution in [3.05, 3.63) is 36.7 Å². The molecular formula is C22H28ClFN7O6PS. The topological polar surface area (TPSA) is 182 Å². The highest BCUT2D eigenvalue weighted by atomic mass is 35.5. The Balaban J connectivity index is 1.55. The molecule has 0 amide bonds. The van der Waals surface area contributed by atoms with Gasteiger partial charge in [0.25, 0.3) is 5.13 Å². The lowest BCUT2D eigenvalue weighted by Gasteiger charge is -2.28. The molecule has 0 saturated carbocycles. The summed E-state index contributed by atoms with van der Waals surface area (Å²) in [6, 6.07) is 7.62. The van der Waals surface area contributed by atoms with Crippen LogP contribution in [0.15, 0.2) is 36.7 Å². The first-order chi connectivity index (χ1) is 18.3. The van der Waals surface area contributed by atoms with Gasteiger partial charge in [-0.3, -0.25) is 9.36 Å². The Bertz CT molecular complexity index is 1380. The minimum Gasteiger partial charge on any atom is -0.462 e. The summed E-state index contributed by atoms with van der Waals surface area (Å²) in [5, 5.41) is 10.8. The molecule has 2 aromatic heterocycles. The van der Waals surface area contributed by atoms with Gasteiger partial charge in [-0.2, -0.15) is 9.97 Å². The largest absolute Gasteiger partial charge is 0.462 e. The van der Waals surface area contributed by atoms with Gasteiger partial charge in [-0.25, -0.2) is 14.5 Å². The van der Waals surface area contributed by atoms with E-state index in [1.165, 1.54) is 13.3 Å². The molecule has 212 valence electrons. The standard InChI is InChI=1S/C22H28ClFN7O6PS/c1-11(2)35-19(33)12(3)30-38(39,37-13-7-5-4-6-8-13)34-9-14-16(32)22(23,24)20(36-14)31-10-27-15-17(25)28-21(26)29-18(15)31/h4-8,10-12,14,16,20,32H,9H2,1-3H3,(H,30,39)(H4,25,26,28,29). The van der Waals surface area contributed by atoms with Gasteiger partial charge in [0.05, 0.1) is 19.0 Å². The Morgan fingerprint density at radius 2 is 2.03 bits per heavy atom. The van der Waals surface area contributed by atoms with Gasteiger partial charge in [0.1, 0.15) is 29.5 Å². The van der Waals surface area contributed by atoms with E-state index in [4.69, 9.17) is 53.4 Å². The van der Waals surface area contributed by atoms with Crippen LogP contribution in [0.4, 0.5) is 16.2 Å². The number of nitrogens with two attached hydrogens (primary N) is 2. The summed E-state index contributed by atoms with van der Waals surface area (Å²) in [5.74, 6) is -0.411. The van der Waals surface area contributed by atoms with E-state index in [0.29, 0.717) is 5.75 Å². The highest BCUT2D eigenvalue weighted by Crippen LogP contribution is 2.49. The number of fused-ring (bicyclic) bond motifs is 1. The monoisotopic (exact) mass is 603 g/mol. The lowest BCUT2D eigenvalue weighted by Crippen LogP contribution is -2.40. The molecule has 13 nitrogen and oxygen atoms in total. The fourth-order valence-corrected chi connectivity index (χ4v) is 6.45. The van der Waals surface area contributed by atoms with Gasteiger partial charge in [0.2, 0.25) is 5.95 Å². The maximum atomic E-state index is 15.7. The van der Waals surface area contributed by atoms with Crippen LogP contribution >= 0.6 is 18.2 Å². The number of carbonyl (C=O) groups excluding carboxylic acids is 1. The van der Waals surface area contributed by atoms with E-state index >= 15 is 4.39 Å². The van der Waals surface area contributed by atoms with Crippen LogP contribution in [-0.4, -0.2) is 66.7 Å². The number of rotatable bonds is 10. The first-order valence-corrected chi connectivity index (χ1v) is 14.8. The first-order valence-electron chi connectivity index (χ1n) is 11.7. The Hall–Kier alpha value is -2.65. The zero-order valence-electron chi connectivity index (χ0n) is 21.1. The third-order valence-corrected chi connectivity index (χ3v) is 8.44. The number of aliphatic hydroxyl groups excluding tert-OH is 1. The van der Waals surface area contributed by atoms with E-state index in [1.54, 1.807) is 44.2 Å². The number of aliphatic hydroxyl groups is 1. The molecule has 17 heteroatoms. The molecule has 4 rings (SSSR count). The van der Waals surface area contributed by atoms with E-state index in [1.807, 2.05) is 0 Å². The molecule has 0 spiro atoms. The van der Waals surface area contributed by atoms with Crippen LogP contribution < -0.4 is 21.1 Å². The number of nitrogens with zero attached hydrogens (tertiary/aromatic N) is 4. The van der Waals surface area contributed by atoms with E-state index in [2.05, 4.69) is 20.0 Å². The Kier molecular flexibility index (Phi) is 8.61. The van der Waals surface area contributed by atoms with Crippen molar-refractivity contribution in [3.63, 3.8) is 0 Å². The maximum absolute atomic E-state index is 15.7. The molecule has 6 atom stereocenters. The quantitative estimate of drug-likeness (QED) is 0.151. The summed E-state index contributed by atoms with van der Waals surface area (Å²) in [7, 11) is 0. The molecule has 0 radical (unpaired) electrons. The second-order valence-electron chi connectivity index (χ2n) is 8.97. The second-order valence-corrected chi connectivity index (χ2v) is 12.7. The number of nitrogens with one attached hydrogen (secondary N) is 1. The van der Waals surface area contributed by atoms with Crippen molar-refractivity contribution in [2.75, 3.05) is 18.1 Å². The highest BCUT2D eigenvalue weighted by molar-refractivity contribution is 8.09. The predicted octanol–water partition coefficient (Wildman–Crippen LogP) is 2.40. The average Bonchev–Trinajstić information content (AvgIpc) is 3.36. The molecule has 6 N–H and O–H groups in total. The number of nitrogen functional groups attached to an aromatic ring is 2. The third-order valence-electron chi connectivity index (χ3n) is 5.53. The number of ether oxygens (including phenoxy) is 2. The molecule has 1 aliphatic heterocycles. The Morgan fingerprint density at radius 3 is 2.69 bits per heavy atom. The molecule has 0 aliphatic carbocycles. The lowest BCUT2D eigenvalue weighted by molar-refractivity contribution is -0.149. The lowest BCUT2D eigenvalue weighted by atomic mass is 10.1. The van der Waals surface area contributed by atoms with Crippen molar-refractivity contribution < 1.29 is 32.8 Å². The van der Waals surface area contributed by atoms with Crippen LogP contribution in [0.2, 0.25) is 0 Å². The minimum absolute atomic E-state index is 0.0244.